The molecule has 0 aliphatic carbocycles. The molecule has 1 atom stereocenters. The molecule has 0 fully saturated rings. The molecule has 81 heavy (non-hydrogen) atoms. The molecule has 0 saturated heterocycles. The summed E-state index contributed by atoms with van der Waals surface area (Å²) in [6.07, 6.45) is 92.9. The number of rotatable bonds is 63. The smallest absolute Gasteiger partial charge is 0.306 e. The van der Waals surface area contributed by atoms with Crippen LogP contribution in [0.25, 0.3) is 0 Å². The molecular formula is C75H130O6. The molecule has 6 heteroatoms. The molecule has 0 spiro atoms. The Morgan fingerprint density at radius 3 is 0.765 bits per heavy atom. The lowest BCUT2D eigenvalue weighted by atomic mass is 10.0. The van der Waals surface area contributed by atoms with Crippen LogP contribution in [0.15, 0.2) is 97.2 Å². The number of carbonyl (C=O) groups is 3. The normalized spacial score (nSPS) is 12.7. The van der Waals surface area contributed by atoms with Crippen molar-refractivity contribution in [3.8, 4) is 0 Å². The third kappa shape index (κ3) is 67.0. The van der Waals surface area contributed by atoms with Gasteiger partial charge in [-0.15, -0.1) is 0 Å². The van der Waals surface area contributed by atoms with E-state index >= 15 is 0 Å². The third-order valence-electron chi connectivity index (χ3n) is 15.0. The Kier molecular flexibility index (Phi) is 65.7. The second-order valence-electron chi connectivity index (χ2n) is 23.1. The Hall–Kier alpha value is -3.67. The van der Waals surface area contributed by atoms with E-state index in [0.29, 0.717) is 19.3 Å². The molecule has 0 bridgehead atoms. The zero-order chi connectivity index (χ0) is 58.5. The number of allylic oxidation sites excluding steroid dienone is 16. The van der Waals surface area contributed by atoms with Crippen molar-refractivity contribution >= 4 is 17.9 Å². The fourth-order valence-corrected chi connectivity index (χ4v) is 9.79. The lowest BCUT2D eigenvalue weighted by Crippen LogP contribution is -2.30. The summed E-state index contributed by atoms with van der Waals surface area (Å²) >= 11 is 0. The molecule has 0 heterocycles. The number of carbonyl (C=O) groups excluding carboxylic acids is 3. The van der Waals surface area contributed by atoms with Gasteiger partial charge in [-0.2, -0.15) is 0 Å². The first-order valence-corrected chi connectivity index (χ1v) is 34.7. The van der Waals surface area contributed by atoms with Crippen LogP contribution in [0.1, 0.15) is 342 Å². The molecule has 0 N–H and O–H groups in total. The second-order valence-corrected chi connectivity index (χ2v) is 23.1. The molecule has 0 amide bonds. The van der Waals surface area contributed by atoms with Crippen LogP contribution in [0.2, 0.25) is 0 Å². The van der Waals surface area contributed by atoms with E-state index in [1.807, 2.05) is 0 Å². The maximum absolute atomic E-state index is 12.9. The Balaban J connectivity index is 4.24. The first kappa shape index (κ1) is 77.3. The molecule has 1 unspecified atom stereocenters. The lowest BCUT2D eigenvalue weighted by Gasteiger charge is -2.18. The molecule has 0 aromatic rings. The van der Waals surface area contributed by atoms with Crippen molar-refractivity contribution in [1.29, 1.82) is 0 Å². The Morgan fingerprint density at radius 1 is 0.247 bits per heavy atom. The Morgan fingerprint density at radius 2 is 0.469 bits per heavy atom. The molecule has 466 valence electrons. The summed E-state index contributed by atoms with van der Waals surface area (Å²) in [6.45, 7) is 6.55. The third-order valence-corrected chi connectivity index (χ3v) is 15.0. The van der Waals surface area contributed by atoms with Gasteiger partial charge in [0.25, 0.3) is 0 Å². The molecule has 0 radical (unpaired) electrons. The van der Waals surface area contributed by atoms with Crippen LogP contribution in [0.4, 0.5) is 0 Å². The van der Waals surface area contributed by atoms with Crippen LogP contribution in [0.5, 0.6) is 0 Å². The number of esters is 3. The monoisotopic (exact) mass is 1130 g/mol. The molecule has 0 aliphatic heterocycles. The van der Waals surface area contributed by atoms with E-state index in [2.05, 4.69) is 118 Å². The van der Waals surface area contributed by atoms with Gasteiger partial charge in [0, 0.05) is 19.3 Å². The van der Waals surface area contributed by atoms with Gasteiger partial charge in [0.2, 0.25) is 0 Å². The predicted molar refractivity (Wildman–Crippen MR) is 353 cm³/mol. The van der Waals surface area contributed by atoms with Crippen LogP contribution < -0.4 is 0 Å². The summed E-state index contributed by atoms with van der Waals surface area (Å²) in [5, 5.41) is 0. The van der Waals surface area contributed by atoms with E-state index in [-0.39, 0.29) is 31.1 Å². The standard InChI is InChI=1S/C75H130O6/c1-4-7-10-13-16-19-22-25-27-29-31-32-33-34-35-36-37-38-39-40-41-42-44-45-47-50-53-56-59-62-65-68-74(77)80-71-72(70-79-73(76)67-64-61-58-55-52-49-24-21-18-15-12-9-6-3)81-75(78)69-66-63-60-57-54-51-48-46-43-30-28-26-23-20-17-14-11-8-5-2/h12,15,17,20-22,24-26,28-29,31,33-34,43,46,72H,4-11,13-14,16,18-19,23,27,30,32,35-42,44-45,47-71H2,1-3H3/b15-12-,20-17-,24-21-,25-22-,28-26-,31-29-,34-33-,46-43-. The maximum atomic E-state index is 12.9. The number of hydrogen-bond donors (Lipinski definition) is 0. The highest BCUT2D eigenvalue weighted by molar-refractivity contribution is 5.71. The molecule has 6 nitrogen and oxygen atoms in total. The second kappa shape index (κ2) is 68.8. The van der Waals surface area contributed by atoms with Gasteiger partial charge >= 0.3 is 17.9 Å². The van der Waals surface area contributed by atoms with Gasteiger partial charge in [0.05, 0.1) is 0 Å². The highest BCUT2D eigenvalue weighted by Crippen LogP contribution is 2.17. The minimum Gasteiger partial charge on any atom is -0.462 e. The van der Waals surface area contributed by atoms with E-state index in [0.717, 1.165) is 128 Å². The van der Waals surface area contributed by atoms with Gasteiger partial charge in [0.15, 0.2) is 6.10 Å². The van der Waals surface area contributed by atoms with Crippen LogP contribution >= 0.6 is 0 Å². The summed E-state index contributed by atoms with van der Waals surface area (Å²) < 4.78 is 16.9. The SMILES string of the molecule is CCC/C=C\C/C=C\CCCCCCCC(=O)OCC(COC(=O)CCCCCCCCCCCCCCCCCC/C=C\C/C=C\C/C=C\CCCCCCC)OC(=O)CCCCCCCC/C=C\C/C=C\C/C=C\CCCCC. The Labute approximate surface area is 502 Å². The molecule has 0 aromatic carbocycles. The van der Waals surface area contributed by atoms with Crippen molar-refractivity contribution in [3.05, 3.63) is 97.2 Å². The van der Waals surface area contributed by atoms with E-state index in [4.69, 9.17) is 14.2 Å². The summed E-state index contributed by atoms with van der Waals surface area (Å²) in [5.41, 5.74) is 0. The van der Waals surface area contributed by atoms with Gasteiger partial charge in [-0.25, -0.2) is 0 Å². The largest absolute Gasteiger partial charge is 0.462 e. The highest BCUT2D eigenvalue weighted by Gasteiger charge is 2.19. The minimum absolute atomic E-state index is 0.0859. The topological polar surface area (TPSA) is 78.9 Å². The van der Waals surface area contributed by atoms with Crippen LogP contribution in [-0.4, -0.2) is 37.2 Å². The van der Waals surface area contributed by atoms with Crippen molar-refractivity contribution in [3.63, 3.8) is 0 Å². The van der Waals surface area contributed by atoms with Crippen LogP contribution in [0, 0.1) is 0 Å². The average Bonchev–Trinajstić information content (AvgIpc) is 3.46. The number of hydrogen-bond acceptors (Lipinski definition) is 6. The summed E-state index contributed by atoms with van der Waals surface area (Å²) in [5.74, 6) is -0.901. The first-order valence-electron chi connectivity index (χ1n) is 34.7. The van der Waals surface area contributed by atoms with Gasteiger partial charge in [-0.3, -0.25) is 14.4 Å². The molecule has 0 aliphatic rings. The minimum atomic E-state index is -0.792. The number of ether oxygens (including phenoxy) is 3. The molecule has 0 rings (SSSR count). The predicted octanol–water partition coefficient (Wildman–Crippen LogP) is 24.0. The van der Waals surface area contributed by atoms with Gasteiger partial charge in [0.1, 0.15) is 13.2 Å². The summed E-state index contributed by atoms with van der Waals surface area (Å²) in [4.78, 5) is 38.4. The van der Waals surface area contributed by atoms with Gasteiger partial charge in [-0.1, -0.05) is 298 Å². The summed E-state index contributed by atoms with van der Waals surface area (Å²) in [7, 11) is 0. The fourth-order valence-electron chi connectivity index (χ4n) is 9.79. The zero-order valence-corrected chi connectivity index (χ0v) is 53.5. The molecule has 0 saturated carbocycles. The van der Waals surface area contributed by atoms with Crippen molar-refractivity contribution in [2.75, 3.05) is 13.2 Å². The van der Waals surface area contributed by atoms with Crippen molar-refractivity contribution in [2.45, 2.75) is 348 Å². The molecular weight excluding hydrogens is 997 g/mol. The lowest BCUT2D eigenvalue weighted by molar-refractivity contribution is -0.167. The van der Waals surface area contributed by atoms with Gasteiger partial charge < -0.3 is 14.2 Å². The number of unbranched alkanes of at least 4 members (excludes halogenated alkanes) is 36. The molecule has 0 aromatic heterocycles. The van der Waals surface area contributed by atoms with E-state index < -0.39 is 6.10 Å². The van der Waals surface area contributed by atoms with Crippen LogP contribution in [-0.2, 0) is 28.6 Å². The van der Waals surface area contributed by atoms with Crippen molar-refractivity contribution < 1.29 is 28.6 Å². The summed E-state index contributed by atoms with van der Waals surface area (Å²) in [6, 6.07) is 0. The van der Waals surface area contributed by atoms with Crippen molar-refractivity contribution in [2.24, 2.45) is 0 Å². The zero-order valence-electron chi connectivity index (χ0n) is 53.5. The fraction of sp³-hybridized carbons (Fsp3) is 0.747. The quantitative estimate of drug-likeness (QED) is 0.0261. The van der Waals surface area contributed by atoms with E-state index in [9.17, 15) is 14.4 Å². The first-order chi connectivity index (χ1) is 40.0. The maximum Gasteiger partial charge on any atom is 0.306 e. The van der Waals surface area contributed by atoms with Crippen LogP contribution in [0.3, 0.4) is 0 Å². The highest BCUT2D eigenvalue weighted by atomic mass is 16.6. The Bertz CT molecular complexity index is 1580. The van der Waals surface area contributed by atoms with Gasteiger partial charge in [-0.05, 0) is 122 Å². The van der Waals surface area contributed by atoms with Crippen molar-refractivity contribution in [1.82, 2.24) is 0 Å². The van der Waals surface area contributed by atoms with E-state index in [1.165, 1.54) is 173 Å². The van der Waals surface area contributed by atoms with E-state index in [1.54, 1.807) is 0 Å². The average molecular weight is 1130 g/mol.